The number of hydrogen-bond donors (Lipinski definition) is 2. The molecule has 0 bridgehead atoms. The smallest absolute Gasteiger partial charge is 0.410 e. The molecule has 0 radical (unpaired) electrons. The van der Waals surface area contributed by atoms with Crippen molar-refractivity contribution >= 4 is 27.7 Å². The van der Waals surface area contributed by atoms with Gasteiger partial charge >= 0.3 is 6.09 Å². The molecular weight excluding hydrogens is 394 g/mol. The van der Waals surface area contributed by atoms with Gasteiger partial charge in [-0.25, -0.2) is 17.9 Å². The van der Waals surface area contributed by atoms with E-state index in [-0.39, 0.29) is 28.9 Å². The van der Waals surface area contributed by atoms with Crippen molar-refractivity contribution in [2.45, 2.75) is 63.0 Å². The third kappa shape index (κ3) is 6.17. The van der Waals surface area contributed by atoms with Crippen LogP contribution in [0.3, 0.4) is 0 Å². The summed E-state index contributed by atoms with van der Waals surface area (Å²) in [6, 6.07) is 6.29. The third-order valence-corrected chi connectivity index (χ3v) is 6.35. The Morgan fingerprint density at radius 3 is 2.34 bits per heavy atom. The first-order chi connectivity index (χ1) is 13.5. The van der Waals surface area contributed by atoms with Crippen LogP contribution in [0, 0.1) is 5.92 Å². The highest BCUT2D eigenvalue weighted by molar-refractivity contribution is 7.89. The Morgan fingerprint density at radius 1 is 1.10 bits per heavy atom. The summed E-state index contributed by atoms with van der Waals surface area (Å²) in [6.07, 6.45) is 2.42. The van der Waals surface area contributed by atoms with E-state index in [0.717, 1.165) is 12.8 Å². The van der Waals surface area contributed by atoms with E-state index in [1.807, 2.05) is 20.8 Å². The van der Waals surface area contributed by atoms with Gasteiger partial charge in [0.1, 0.15) is 5.60 Å². The second-order valence-electron chi connectivity index (χ2n) is 8.65. The number of ether oxygens (including phenoxy) is 1. The Balaban J connectivity index is 1.55. The first-order valence-electron chi connectivity index (χ1n) is 9.95. The number of likely N-dealkylation sites (tertiary alicyclic amines) is 1. The summed E-state index contributed by atoms with van der Waals surface area (Å²) in [6.45, 7) is 6.36. The van der Waals surface area contributed by atoms with E-state index < -0.39 is 15.6 Å². The van der Waals surface area contributed by atoms with E-state index >= 15 is 0 Å². The standard InChI is InChI=1S/C20H29N3O5S/c1-20(2,3)28-19(25)23-11-9-14(10-12-23)18(24)21-16-5-4-6-17(13-16)29(26,27)22-15-7-8-15/h4-6,13-15,22H,7-12H2,1-3H3,(H,21,24). The van der Waals surface area contributed by atoms with Crippen LogP contribution in [0.2, 0.25) is 0 Å². The minimum absolute atomic E-state index is 0.0217. The summed E-state index contributed by atoms with van der Waals surface area (Å²) < 4.78 is 32.7. The molecule has 2 fully saturated rings. The van der Waals surface area contributed by atoms with Crippen LogP contribution in [0.25, 0.3) is 0 Å². The number of nitrogens with one attached hydrogen (secondary N) is 2. The van der Waals surface area contributed by atoms with E-state index in [9.17, 15) is 18.0 Å². The molecule has 1 saturated heterocycles. The zero-order chi connectivity index (χ0) is 21.2. The van der Waals surface area contributed by atoms with Crippen LogP contribution in [0.5, 0.6) is 0 Å². The second-order valence-corrected chi connectivity index (χ2v) is 10.4. The number of rotatable bonds is 5. The Bertz CT molecular complexity index is 866. The van der Waals surface area contributed by atoms with Crippen molar-refractivity contribution in [2.75, 3.05) is 18.4 Å². The van der Waals surface area contributed by atoms with Gasteiger partial charge in [-0.3, -0.25) is 4.79 Å². The van der Waals surface area contributed by atoms with Crippen LogP contribution < -0.4 is 10.0 Å². The van der Waals surface area contributed by atoms with Crippen molar-refractivity contribution in [3.05, 3.63) is 24.3 Å². The molecule has 0 spiro atoms. The second kappa shape index (κ2) is 8.31. The molecule has 1 aliphatic heterocycles. The molecule has 9 heteroatoms. The highest BCUT2D eigenvalue weighted by atomic mass is 32.2. The number of amides is 2. The van der Waals surface area contributed by atoms with Gasteiger partial charge in [0.05, 0.1) is 4.90 Å². The van der Waals surface area contributed by atoms with Crippen LogP contribution in [0.1, 0.15) is 46.5 Å². The van der Waals surface area contributed by atoms with Crippen LogP contribution in [-0.2, 0) is 19.6 Å². The van der Waals surface area contributed by atoms with Crippen molar-refractivity contribution in [2.24, 2.45) is 5.92 Å². The number of sulfonamides is 1. The number of carbonyl (C=O) groups excluding carboxylic acids is 2. The fraction of sp³-hybridized carbons (Fsp3) is 0.600. The van der Waals surface area contributed by atoms with Crippen molar-refractivity contribution in [1.29, 1.82) is 0 Å². The summed E-state index contributed by atoms with van der Waals surface area (Å²) in [7, 11) is -3.57. The predicted molar refractivity (Wildman–Crippen MR) is 109 cm³/mol. The maximum atomic E-state index is 12.6. The number of benzene rings is 1. The molecule has 160 valence electrons. The summed E-state index contributed by atoms with van der Waals surface area (Å²) in [5.74, 6) is -0.405. The zero-order valence-corrected chi connectivity index (χ0v) is 17.9. The molecule has 1 aromatic carbocycles. The van der Waals surface area contributed by atoms with Gasteiger partial charge in [0, 0.05) is 30.7 Å². The molecule has 1 saturated carbocycles. The van der Waals surface area contributed by atoms with Gasteiger partial charge < -0.3 is 15.0 Å². The van der Waals surface area contributed by atoms with Crippen molar-refractivity contribution < 1.29 is 22.7 Å². The Labute approximate surface area is 172 Å². The maximum absolute atomic E-state index is 12.6. The Hall–Kier alpha value is -2.13. The highest BCUT2D eigenvalue weighted by Crippen LogP contribution is 2.25. The van der Waals surface area contributed by atoms with Crippen LogP contribution in [-0.4, -0.2) is 50.1 Å². The van der Waals surface area contributed by atoms with E-state index in [2.05, 4.69) is 10.0 Å². The van der Waals surface area contributed by atoms with Crippen molar-refractivity contribution in [3.8, 4) is 0 Å². The monoisotopic (exact) mass is 423 g/mol. The van der Waals surface area contributed by atoms with Gasteiger partial charge in [-0.2, -0.15) is 0 Å². The molecule has 0 unspecified atom stereocenters. The maximum Gasteiger partial charge on any atom is 0.410 e. The minimum atomic E-state index is -3.57. The minimum Gasteiger partial charge on any atom is -0.444 e. The predicted octanol–water partition coefficient (Wildman–Crippen LogP) is 2.71. The average Bonchev–Trinajstić information content (AvgIpc) is 3.44. The van der Waals surface area contributed by atoms with Crippen LogP contribution >= 0.6 is 0 Å². The van der Waals surface area contributed by atoms with Crippen molar-refractivity contribution in [3.63, 3.8) is 0 Å². The molecule has 0 aromatic heterocycles. The molecule has 0 atom stereocenters. The lowest BCUT2D eigenvalue weighted by Crippen LogP contribution is -2.43. The molecule has 1 aromatic rings. The quantitative estimate of drug-likeness (QED) is 0.758. The molecule has 29 heavy (non-hydrogen) atoms. The molecule has 2 amide bonds. The Kier molecular flexibility index (Phi) is 6.19. The number of piperidine rings is 1. The number of hydrogen-bond acceptors (Lipinski definition) is 5. The van der Waals surface area contributed by atoms with Crippen LogP contribution in [0.15, 0.2) is 29.2 Å². The SMILES string of the molecule is CC(C)(C)OC(=O)N1CCC(C(=O)Nc2cccc(S(=O)(=O)NC3CC3)c2)CC1. The van der Waals surface area contributed by atoms with E-state index in [1.165, 1.54) is 12.1 Å². The van der Waals surface area contributed by atoms with Gasteiger partial charge in [0.15, 0.2) is 0 Å². The fourth-order valence-electron chi connectivity index (χ4n) is 3.12. The lowest BCUT2D eigenvalue weighted by Gasteiger charge is -2.32. The summed E-state index contributed by atoms with van der Waals surface area (Å²) in [5, 5.41) is 2.81. The number of carbonyl (C=O) groups is 2. The van der Waals surface area contributed by atoms with E-state index in [1.54, 1.807) is 17.0 Å². The summed E-state index contributed by atoms with van der Waals surface area (Å²) in [4.78, 5) is 26.5. The fourth-order valence-corrected chi connectivity index (χ4v) is 4.48. The van der Waals surface area contributed by atoms with Gasteiger partial charge in [-0.15, -0.1) is 0 Å². The topological polar surface area (TPSA) is 105 Å². The molecule has 1 heterocycles. The van der Waals surface area contributed by atoms with E-state index in [0.29, 0.717) is 31.6 Å². The number of anilines is 1. The lowest BCUT2D eigenvalue weighted by atomic mass is 9.96. The third-order valence-electron chi connectivity index (χ3n) is 4.83. The van der Waals surface area contributed by atoms with Gasteiger partial charge in [0.2, 0.25) is 15.9 Å². The summed E-state index contributed by atoms with van der Waals surface area (Å²) in [5.41, 5.74) is -0.103. The molecule has 2 N–H and O–H groups in total. The Morgan fingerprint density at radius 2 is 1.76 bits per heavy atom. The van der Waals surface area contributed by atoms with E-state index in [4.69, 9.17) is 4.74 Å². The molecule has 2 aliphatic rings. The zero-order valence-electron chi connectivity index (χ0n) is 17.1. The molecule has 1 aliphatic carbocycles. The lowest BCUT2D eigenvalue weighted by molar-refractivity contribution is -0.121. The molecule has 3 rings (SSSR count). The molecule has 8 nitrogen and oxygen atoms in total. The first kappa shape index (κ1) is 21.6. The van der Waals surface area contributed by atoms with Crippen molar-refractivity contribution in [1.82, 2.24) is 9.62 Å². The molecular formula is C20H29N3O5S. The normalized spacial score (nSPS) is 18.4. The van der Waals surface area contributed by atoms with Crippen LogP contribution in [0.4, 0.5) is 10.5 Å². The first-order valence-corrected chi connectivity index (χ1v) is 11.4. The van der Waals surface area contributed by atoms with Gasteiger partial charge in [-0.1, -0.05) is 6.07 Å². The highest BCUT2D eigenvalue weighted by Gasteiger charge is 2.31. The summed E-state index contributed by atoms with van der Waals surface area (Å²) >= 11 is 0. The number of nitrogens with zero attached hydrogens (tertiary/aromatic N) is 1. The van der Waals surface area contributed by atoms with Gasteiger partial charge in [0.25, 0.3) is 0 Å². The average molecular weight is 424 g/mol. The van der Waals surface area contributed by atoms with Gasteiger partial charge in [-0.05, 0) is 64.7 Å². The largest absolute Gasteiger partial charge is 0.444 e.